The molecule has 21 heavy (non-hydrogen) atoms. The number of carbonyl (C=O) groups excluding carboxylic acids is 1. The van der Waals surface area contributed by atoms with Gasteiger partial charge in [0.05, 0.1) is 24.7 Å². The number of nitrogens with zero attached hydrogens (tertiary/aromatic N) is 3. The Morgan fingerprint density at radius 1 is 1.43 bits per heavy atom. The molecule has 7 heteroatoms. The van der Waals surface area contributed by atoms with Gasteiger partial charge < -0.3 is 15.1 Å². The second kappa shape index (κ2) is 6.53. The van der Waals surface area contributed by atoms with Crippen LogP contribution in [0.25, 0.3) is 0 Å². The molecule has 7 nitrogen and oxygen atoms in total. The minimum atomic E-state index is -0.117. The lowest BCUT2D eigenvalue weighted by Gasteiger charge is -2.02. The van der Waals surface area contributed by atoms with E-state index in [0.717, 1.165) is 23.9 Å². The highest BCUT2D eigenvalue weighted by molar-refractivity contribution is 5.75. The fraction of sp³-hybridized carbons (Fsp3) is 0.500. The van der Waals surface area contributed by atoms with E-state index in [1.807, 2.05) is 6.07 Å². The van der Waals surface area contributed by atoms with Crippen molar-refractivity contribution in [1.29, 1.82) is 0 Å². The number of hydrogen-bond acceptors (Lipinski definition) is 5. The number of furan rings is 1. The Hall–Kier alpha value is -2.15. The van der Waals surface area contributed by atoms with Crippen molar-refractivity contribution in [2.45, 2.75) is 32.5 Å². The topological polar surface area (TPSA) is 85.0 Å². The lowest BCUT2D eigenvalue weighted by Crippen LogP contribution is -2.27. The van der Waals surface area contributed by atoms with Gasteiger partial charge >= 0.3 is 0 Å². The van der Waals surface area contributed by atoms with Crippen LogP contribution >= 0.6 is 0 Å². The Morgan fingerprint density at radius 3 is 3.10 bits per heavy atom. The Balaban J connectivity index is 1.39. The lowest BCUT2D eigenvalue weighted by atomic mass is 10.4. The molecule has 1 fully saturated rings. The molecule has 1 aliphatic rings. The van der Waals surface area contributed by atoms with Crippen LogP contribution in [0.5, 0.6) is 0 Å². The van der Waals surface area contributed by atoms with E-state index in [9.17, 15) is 4.79 Å². The van der Waals surface area contributed by atoms with Crippen LogP contribution in [-0.4, -0.2) is 27.4 Å². The quantitative estimate of drug-likeness (QED) is 0.747. The standard InChI is InChI=1S/C14H19N5O2/c20-14(16-8-13-2-1-5-21-13)10-19-9-12(17-18-19)7-15-6-11-3-4-11/h1-2,5,9,11,15H,3-4,6-8,10H2,(H,16,20). The summed E-state index contributed by atoms with van der Waals surface area (Å²) in [7, 11) is 0. The highest BCUT2D eigenvalue weighted by Crippen LogP contribution is 2.27. The largest absolute Gasteiger partial charge is 0.467 e. The molecule has 2 N–H and O–H groups in total. The first-order valence-corrected chi connectivity index (χ1v) is 7.18. The van der Waals surface area contributed by atoms with Crippen molar-refractivity contribution >= 4 is 5.91 Å². The maximum atomic E-state index is 11.8. The van der Waals surface area contributed by atoms with Gasteiger partial charge in [-0.2, -0.15) is 0 Å². The van der Waals surface area contributed by atoms with Gasteiger partial charge in [-0.15, -0.1) is 5.10 Å². The van der Waals surface area contributed by atoms with E-state index >= 15 is 0 Å². The van der Waals surface area contributed by atoms with E-state index in [1.54, 1.807) is 23.2 Å². The van der Waals surface area contributed by atoms with Gasteiger partial charge in [0.15, 0.2) is 0 Å². The van der Waals surface area contributed by atoms with Crippen molar-refractivity contribution < 1.29 is 9.21 Å². The molecular formula is C14H19N5O2. The zero-order chi connectivity index (χ0) is 14.5. The molecule has 2 aromatic rings. The van der Waals surface area contributed by atoms with Crippen molar-refractivity contribution in [3.63, 3.8) is 0 Å². The number of amides is 1. The van der Waals surface area contributed by atoms with E-state index in [-0.39, 0.29) is 12.5 Å². The second-order valence-corrected chi connectivity index (χ2v) is 5.34. The van der Waals surface area contributed by atoms with Crippen molar-refractivity contribution in [3.8, 4) is 0 Å². The third-order valence-electron chi connectivity index (χ3n) is 3.37. The summed E-state index contributed by atoms with van der Waals surface area (Å²) in [6, 6.07) is 3.61. The Labute approximate surface area is 122 Å². The van der Waals surface area contributed by atoms with Crippen LogP contribution in [0.3, 0.4) is 0 Å². The molecule has 0 aliphatic heterocycles. The molecule has 0 atom stereocenters. The minimum Gasteiger partial charge on any atom is -0.467 e. The summed E-state index contributed by atoms with van der Waals surface area (Å²) in [5, 5.41) is 14.1. The first-order valence-electron chi connectivity index (χ1n) is 7.18. The molecule has 0 bridgehead atoms. The molecule has 1 aliphatic carbocycles. The first kappa shape index (κ1) is 13.8. The Kier molecular flexibility index (Phi) is 4.30. The van der Waals surface area contributed by atoms with Gasteiger partial charge in [0.2, 0.25) is 5.91 Å². The molecular weight excluding hydrogens is 270 g/mol. The third kappa shape index (κ3) is 4.42. The zero-order valence-corrected chi connectivity index (χ0v) is 11.8. The average molecular weight is 289 g/mol. The summed E-state index contributed by atoms with van der Waals surface area (Å²) >= 11 is 0. The van der Waals surface area contributed by atoms with Crippen LogP contribution in [-0.2, 0) is 24.4 Å². The summed E-state index contributed by atoms with van der Waals surface area (Å²) in [6.45, 7) is 2.29. The number of hydrogen-bond donors (Lipinski definition) is 2. The molecule has 0 saturated heterocycles. The van der Waals surface area contributed by atoms with Gasteiger partial charge in [-0.1, -0.05) is 5.21 Å². The van der Waals surface area contributed by atoms with Gasteiger partial charge in [0.1, 0.15) is 12.3 Å². The van der Waals surface area contributed by atoms with Crippen molar-refractivity contribution in [2.75, 3.05) is 6.54 Å². The molecule has 0 aromatic carbocycles. The Bertz CT molecular complexity index is 574. The van der Waals surface area contributed by atoms with Crippen molar-refractivity contribution in [3.05, 3.63) is 36.0 Å². The maximum absolute atomic E-state index is 11.8. The number of nitrogens with one attached hydrogen (secondary N) is 2. The predicted molar refractivity (Wildman–Crippen MR) is 75.0 cm³/mol. The van der Waals surface area contributed by atoms with Gasteiger partial charge in [-0.25, -0.2) is 4.68 Å². The molecule has 0 radical (unpaired) electrons. The van der Waals surface area contributed by atoms with Crippen LogP contribution < -0.4 is 10.6 Å². The van der Waals surface area contributed by atoms with E-state index in [1.165, 1.54) is 12.8 Å². The fourth-order valence-corrected chi connectivity index (χ4v) is 2.03. The number of rotatable bonds is 8. The van der Waals surface area contributed by atoms with Crippen LogP contribution in [0.2, 0.25) is 0 Å². The maximum Gasteiger partial charge on any atom is 0.242 e. The first-order chi connectivity index (χ1) is 10.3. The normalized spacial score (nSPS) is 14.3. The van der Waals surface area contributed by atoms with Crippen molar-refractivity contribution in [1.82, 2.24) is 25.6 Å². The second-order valence-electron chi connectivity index (χ2n) is 5.34. The summed E-state index contributed by atoms with van der Waals surface area (Å²) in [5.41, 5.74) is 0.856. The SMILES string of the molecule is O=C(Cn1cc(CNCC2CC2)nn1)NCc1ccco1. The highest BCUT2D eigenvalue weighted by Gasteiger charge is 2.20. The molecule has 112 valence electrons. The molecule has 1 amide bonds. The minimum absolute atomic E-state index is 0.117. The summed E-state index contributed by atoms with van der Waals surface area (Å²) in [5.74, 6) is 1.45. The molecule has 3 rings (SSSR count). The predicted octanol–water partition coefficient (Wildman–Crippen LogP) is 0.687. The molecule has 2 aromatic heterocycles. The van der Waals surface area contributed by atoms with E-state index in [2.05, 4.69) is 20.9 Å². The van der Waals surface area contributed by atoms with Gasteiger partial charge in [-0.05, 0) is 37.4 Å². The summed E-state index contributed by atoms with van der Waals surface area (Å²) < 4.78 is 6.70. The van der Waals surface area contributed by atoms with Crippen molar-refractivity contribution in [2.24, 2.45) is 5.92 Å². The monoisotopic (exact) mass is 289 g/mol. The smallest absolute Gasteiger partial charge is 0.242 e. The molecule has 0 spiro atoms. The molecule has 1 saturated carbocycles. The number of carbonyl (C=O) groups is 1. The van der Waals surface area contributed by atoms with Gasteiger partial charge in [0, 0.05) is 6.54 Å². The van der Waals surface area contributed by atoms with Crippen LogP contribution in [0.1, 0.15) is 24.3 Å². The summed E-state index contributed by atoms with van der Waals surface area (Å²) in [4.78, 5) is 11.8. The fourth-order valence-electron chi connectivity index (χ4n) is 2.03. The van der Waals surface area contributed by atoms with Gasteiger partial charge in [-0.3, -0.25) is 4.79 Å². The molecule has 2 heterocycles. The van der Waals surface area contributed by atoms with E-state index in [4.69, 9.17) is 4.42 Å². The van der Waals surface area contributed by atoms with E-state index < -0.39 is 0 Å². The third-order valence-corrected chi connectivity index (χ3v) is 3.37. The average Bonchev–Trinajstić information content (AvgIpc) is 2.97. The van der Waals surface area contributed by atoms with Crippen LogP contribution in [0, 0.1) is 5.92 Å². The van der Waals surface area contributed by atoms with Gasteiger partial charge in [0.25, 0.3) is 0 Å². The van der Waals surface area contributed by atoms with Crippen LogP contribution in [0.15, 0.2) is 29.0 Å². The zero-order valence-electron chi connectivity index (χ0n) is 11.8. The van der Waals surface area contributed by atoms with E-state index in [0.29, 0.717) is 13.1 Å². The summed E-state index contributed by atoms with van der Waals surface area (Å²) in [6.07, 6.45) is 6.04. The lowest BCUT2D eigenvalue weighted by molar-refractivity contribution is -0.122. The number of aromatic nitrogens is 3. The molecule has 0 unspecified atom stereocenters. The Morgan fingerprint density at radius 2 is 2.33 bits per heavy atom. The highest BCUT2D eigenvalue weighted by atomic mass is 16.3. The van der Waals surface area contributed by atoms with Crippen LogP contribution in [0.4, 0.5) is 0 Å².